The molecule has 1 fully saturated rings. The first-order valence-electron chi connectivity index (χ1n) is 14.9. The Kier molecular flexibility index (Phi) is 14.8. The van der Waals surface area contributed by atoms with Gasteiger partial charge in [-0.25, -0.2) is 4.79 Å². The molecule has 0 bridgehead atoms. The van der Waals surface area contributed by atoms with Crippen molar-refractivity contribution in [2.24, 2.45) is 5.92 Å². The Morgan fingerprint density at radius 2 is 1.83 bits per heavy atom. The molecule has 3 rings (SSSR count). The second kappa shape index (κ2) is 18.3. The number of thioether (sulfide) groups is 1. The summed E-state index contributed by atoms with van der Waals surface area (Å²) in [7, 11) is 1.33. The highest BCUT2D eigenvalue weighted by atomic mass is 32.2. The number of ether oxygens (including phenoxy) is 3. The Bertz CT molecular complexity index is 1120. The minimum absolute atomic E-state index is 0.0613. The quantitative estimate of drug-likeness (QED) is 0.219. The normalized spacial score (nSPS) is 16.0. The molecule has 0 saturated heterocycles. The molecule has 3 atom stereocenters. The number of rotatable bonds is 17. The summed E-state index contributed by atoms with van der Waals surface area (Å²) in [4.78, 5) is 25.9. The number of methoxy groups -OCH3 is 1. The first-order valence-corrected chi connectivity index (χ1v) is 16.3. The lowest BCUT2D eigenvalue weighted by atomic mass is 9.85. The molecule has 1 aliphatic carbocycles. The Labute approximate surface area is 254 Å². The summed E-state index contributed by atoms with van der Waals surface area (Å²) in [5.74, 6) is 0.504. The van der Waals surface area contributed by atoms with Gasteiger partial charge < -0.3 is 29.7 Å². The highest BCUT2D eigenvalue weighted by molar-refractivity contribution is 7.98. The predicted molar refractivity (Wildman–Crippen MR) is 167 cm³/mol. The van der Waals surface area contributed by atoms with Crippen molar-refractivity contribution in [1.82, 2.24) is 5.32 Å². The van der Waals surface area contributed by atoms with Crippen molar-refractivity contribution < 1.29 is 34.0 Å². The first kappa shape index (κ1) is 34.1. The van der Waals surface area contributed by atoms with Gasteiger partial charge in [-0.3, -0.25) is 4.79 Å². The number of aliphatic hydroxyl groups is 2. The number of hydrogen-bond donors (Lipinski definition) is 3. The zero-order valence-corrected chi connectivity index (χ0v) is 26.0. The van der Waals surface area contributed by atoms with E-state index in [1.54, 1.807) is 17.8 Å². The van der Waals surface area contributed by atoms with Crippen molar-refractivity contribution in [3.05, 3.63) is 59.2 Å². The topological polar surface area (TPSA) is 114 Å². The van der Waals surface area contributed by atoms with Crippen molar-refractivity contribution in [2.75, 3.05) is 38.9 Å². The number of benzene rings is 2. The molecule has 0 heterocycles. The smallest absolute Gasteiger partial charge is 0.328 e. The van der Waals surface area contributed by atoms with Crippen molar-refractivity contribution in [1.29, 1.82) is 0 Å². The van der Waals surface area contributed by atoms with Gasteiger partial charge in [-0.05, 0) is 72.1 Å². The molecular weight excluding hydrogens is 554 g/mol. The minimum Gasteiger partial charge on any atom is -0.467 e. The lowest BCUT2D eigenvalue weighted by molar-refractivity contribution is -0.142. The maximum absolute atomic E-state index is 13.5. The van der Waals surface area contributed by atoms with Gasteiger partial charge in [0.25, 0.3) is 5.91 Å². The Morgan fingerprint density at radius 3 is 2.52 bits per heavy atom. The molecule has 1 amide bonds. The Morgan fingerprint density at radius 1 is 1.07 bits per heavy atom. The molecule has 8 nitrogen and oxygen atoms in total. The summed E-state index contributed by atoms with van der Waals surface area (Å²) >= 11 is 1.60. The second-order valence-electron chi connectivity index (χ2n) is 11.1. The molecule has 1 aliphatic rings. The molecule has 2 aromatic carbocycles. The van der Waals surface area contributed by atoms with Crippen LogP contribution in [0.4, 0.5) is 0 Å². The third-order valence-corrected chi connectivity index (χ3v) is 8.44. The van der Waals surface area contributed by atoms with E-state index in [1.165, 1.54) is 39.2 Å². The number of aliphatic hydroxyl groups excluding tert-OH is 2. The maximum Gasteiger partial charge on any atom is 0.328 e. The van der Waals surface area contributed by atoms with E-state index >= 15 is 0 Å². The summed E-state index contributed by atoms with van der Waals surface area (Å²) in [6, 6.07) is 12.8. The summed E-state index contributed by atoms with van der Waals surface area (Å²) in [6.45, 7) is 2.40. The molecule has 0 aromatic heterocycles. The number of nitrogens with one attached hydrogen (secondary N) is 1. The van der Waals surface area contributed by atoms with Crippen LogP contribution in [0.15, 0.2) is 42.5 Å². The average molecular weight is 602 g/mol. The third-order valence-electron chi connectivity index (χ3n) is 7.80. The molecule has 232 valence electrons. The van der Waals surface area contributed by atoms with Gasteiger partial charge in [-0.2, -0.15) is 11.8 Å². The molecule has 2 aromatic rings. The van der Waals surface area contributed by atoms with Crippen molar-refractivity contribution in [2.45, 2.75) is 76.7 Å². The standard InChI is InChI=1S/C33H47NO7S/c1-23-9-7-8-12-28(23)30-18-25(13-14-29(30)32(37)34-31(15-16-42-3)33(38)39-2)20-41-27(22-40-21-26(36)19-35)17-24-10-5-4-6-11-24/h7-9,12-14,18,24,26-27,31,35-36H,4-6,10-11,15-17,19-22H2,1-3H3,(H,34,37)/t26?,27-,31-/m0/s1. The lowest BCUT2D eigenvalue weighted by Crippen LogP contribution is -2.42. The third kappa shape index (κ3) is 10.7. The molecule has 0 radical (unpaired) electrons. The van der Waals surface area contributed by atoms with Gasteiger partial charge in [0.15, 0.2) is 0 Å². The number of aryl methyl sites for hydroxylation is 1. The molecule has 1 unspecified atom stereocenters. The van der Waals surface area contributed by atoms with Crippen LogP contribution in [-0.2, 0) is 25.6 Å². The first-order chi connectivity index (χ1) is 20.4. The predicted octanol–water partition coefficient (Wildman–Crippen LogP) is 4.91. The fourth-order valence-electron chi connectivity index (χ4n) is 5.42. The van der Waals surface area contributed by atoms with Crippen LogP contribution in [0, 0.1) is 12.8 Å². The van der Waals surface area contributed by atoms with E-state index in [9.17, 15) is 14.7 Å². The van der Waals surface area contributed by atoms with Crippen LogP contribution < -0.4 is 5.32 Å². The Hall–Kier alpha value is -2.43. The zero-order valence-electron chi connectivity index (χ0n) is 25.2. The molecular formula is C33H47NO7S. The summed E-state index contributed by atoms with van der Waals surface area (Å²) in [6.07, 6.45) is 8.37. The van der Waals surface area contributed by atoms with E-state index in [0.29, 0.717) is 36.9 Å². The number of carbonyl (C=O) groups is 2. The Balaban J connectivity index is 1.81. The van der Waals surface area contributed by atoms with E-state index in [-0.39, 0.29) is 25.2 Å². The van der Waals surface area contributed by atoms with Gasteiger partial charge in [-0.1, -0.05) is 62.4 Å². The molecule has 0 spiro atoms. The van der Waals surface area contributed by atoms with E-state index < -0.39 is 18.1 Å². The van der Waals surface area contributed by atoms with E-state index in [0.717, 1.165) is 28.7 Å². The molecule has 3 N–H and O–H groups in total. The number of amides is 1. The van der Waals surface area contributed by atoms with Crippen LogP contribution >= 0.6 is 11.8 Å². The highest BCUT2D eigenvalue weighted by Gasteiger charge is 2.25. The number of hydrogen-bond acceptors (Lipinski definition) is 8. The zero-order chi connectivity index (χ0) is 30.3. The maximum atomic E-state index is 13.5. The van der Waals surface area contributed by atoms with E-state index in [4.69, 9.17) is 19.3 Å². The van der Waals surface area contributed by atoms with Gasteiger partial charge in [0.05, 0.1) is 39.6 Å². The largest absolute Gasteiger partial charge is 0.467 e. The summed E-state index contributed by atoms with van der Waals surface area (Å²) in [5, 5.41) is 21.7. The lowest BCUT2D eigenvalue weighted by Gasteiger charge is -2.27. The molecule has 1 saturated carbocycles. The highest BCUT2D eigenvalue weighted by Crippen LogP contribution is 2.31. The monoisotopic (exact) mass is 601 g/mol. The summed E-state index contributed by atoms with van der Waals surface area (Å²) in [5.41, 5.74) is 4.13. The molecule has 9 heteroatoms. The number of carbonyl (C=O) groups excluding carboxylic acids is 2. The summed E-state index contributed by atoms with van der Waals surface area (Å²) < 4.78 is 17.0. The van der Waals surface area contributed by atoms with Gasteiger partial charge >= 0.3 is 5.97 Å². The van der Waals surface area contributed by atoms with Crippen molar-refractivity contribution in [3.8, 4) is 11.1 Å². The van der Waals surface area contributed by atoms with E-state index in [1.807, 2.05) is 49.6 Å². The molecule has 0 aliphatic heterocycles. The van der Waals surface area contributed by atoms with Crippen molar-refractivity contribution in [3.63, 3.8) is 0 Å². The number of esters is 1. The van der Waals surface area contributed by atoms with Gasteiger partial charge in [0.1, 0.15) is 12.1 Å². The SMILES string of the molecule is COC(=O)[C@H](CCSC)NC(=O)c1ccc(CO[C@H](COCC(O)CO)CC2CCCCC2)cc1-c1ccccc1C. The second-order valence-corrected chi connectivity index (χ2v) is 12.1. The fourth-order valence-corrected chi connectivity index (χ4v) is 5.89. The van der Waals surface area contributed by atoms with Crippen LogP contribution in [0.5, 0.6) is 0 Å². The fraction of sp³-hybridized carbons (Fsp3) is 0.576. The van der Waals surface area contributed by atoms with Gasteiger partial charge in [0.2, 0.25) is 0 Å². The van der Waals surface area contributed by atoms with Crippen molar-refractivity contribution >= 4 is 23.6 Å². The average Bonchev–Trinajstić information content (AvgIpc) is 3.01. The van der Waals surface area contributed by atoms with Gasteiger partial charge in [-0.15, -0.1) is 0 Å². The minimum atomic E-state index is -0.907. The van der Waals surface area contributed by atoms with Crippen LogP contribution in [0.2, 0.25) is 0 Å². The molecule has 42 heavy (non-hydrogen) atoms. The van der Waals surface area contributed by atoms with Crippen LogP contribution in [0.25, 0.3) is 11.1 Å². The van der Waals surface area contributed by atoms with Crippen LogP contribution in [-0.4, -0.2) is 79.3 Å². The van der Waals surface area contributed by atoms with Crippen LogP contribution in [0.1, 0.15) is 66.4 Å². The van der Waals surface area contributed by atoms with E-state index in [2.05, 4.69) is 5.32 Å². The van der Waals surface area contributed by atoms with Gasteiger partial charge in [0, 0.05) is 5.56 Å². The van der Waals surface area contributed by atoms with Crippen LogP contribution in [0.3, 0.4) is 0 Å².